The Kier molecular flexibility index (Phi) is 7.39. The van der Waals surface area contributed by atoms with Crippen LogP contribution in [0.25, 0.3) is 21.9 Å². The Hall–Kier alpha value is -7.36. The molecule has 1 aliphatic carbocycles. The molecular weight excluding hydrogens is 681 g/mol. The second-order valence-electron chi connectivity index (χ2n) is 14.5. The summed E-state index contributed by atoms with van der Waals surface area (Å²) in [4.78, 5) is 4.65. The third-order valence-corrected chi connectivity index (χ3v) is 11.5. The van der Waals surface area contributed by atoms with Gasteiger partial charge in [0.05, 0.1) is 5.41 Å². The minimum atomic E-state index is -0.637. The summed E-state index contributed by atoms with van der Waals surface area (Å²) in [6.07, 6.45) is 0. The Morgan fingerprint density at radius 3 is 1.41 bits per heavy atom. The van der Waals surface area contributed by atoms with Gasteiger partial charge in [0.15, 0.2) is 0 Å². The van der Waals surface area contributed by atoms with E-state index in [9.17, 15) is 0 Å². The fourth-order valence-corrected chi connectivity index (χ4v) is 9.19. The normalized spacial score (nSPS) is 14.6. The van der Waals surface area contributed by atoms with E-state index in [0.29, 0.717) is 0 Å². The van der Waals surface area contributed by atoms with Gasteiger partial charge in [0.2, 0.25) is 0 Å². The van der Waals surface area contributed by atoms with Crippen LogP contribution in [0.5, 0.6) is 11.5 Å². The minimum Gasteiger partial charge on any atom is -0.457 e. The van der Waals surface area contributed by atoms with Crippen LogP contribution in [0.3, 0.4) is 0 Å². The predicted molar refractivity (Wildman–Crippen MR) is 231 cm³/mol. The van der Waals surface area contributed by atoms with Crippen molar-refractivity contribution < 1.29 is 4.74 Å². The molecule has 264 valence electrons. The molecular formula is C53H36N2O. The number of ether oxygens (including phenoxy) is 1. The Bertz CT molecular complexity index is 2810. The van der Waals surface area contributed by atoms with Crippen LogP contribution in [-0.4, -0.2) is 0 Å². The van der Waals surface area contributed by atoms with E-state index >= 15 is 0 Å². The lowest BCUT2D eigenvalue weighted by Gasteiger charge is -2.41. The third kappa shape index (κ3) is 4.84. The molecule has 0 amide bonds. The molecule has 9 aromatic rings. The van der Waals surface area contributed by atoms with Gasteiger partial charge in [-0.1, -0.05) is 140 Å². The highest BCUT2D eigenvalue weighted by Gasteiger charge is 2.52. The standard InChI is InChI=1S/C53H36N2O/c1-5-18-38(19-6-1)54(39-20-7-2-8-21-39)42-30-32-48-46(35-42)45-27-15-16-28-47(45)53(48)49-33-31-43(55(40-22-9-3-10-23-40)41-24-11-4-12-25-41)36-51(49)56-50-34-29-37-17-13-14-26-44(37)52(50)53/h1-36H. The molecule has 0 saturated heterocycles. The maximum atomic E-state index is 7.11. The van der Waals surface area contributed by atoms with E-state index in [0.717, 1.165) is 51.2 Å². The molecule has 3 heteroatoms. The first-order valence-corrected chi connectivity index (χ1v) is 19.2. The maximum Gasteiger partial charge on any atom is 0.134 e. The number of benzene rings is 9. The number of fused-ring (bicyclic) bond motifs is 11. The van der Waals surface area contributed by atoms with Crippen molar-refractivity contribution in [3.05, 3.63) is 241 Å². The molecule has 56 heavy (non-hydrogen) atoms. The molecule has 0 saturated carbocycles. The van der Waals surface area contributed by atoms with Crippen molar-refractivity contribution in [2.75, 3.05) is 9.80 Å². The van der Waals surface area contributed by atoms with Gasteiger partial charge in [0.1, 0.15) is 11.5 Å². The zero-order valence-corrected chi connectivity index (χ0v) is 30.6. The first-order valence-electron chi connectivity index (χ1n) is 19.2. The molecule has 0 radical (unpaired) electrons. The lowest BCUT2D eigenvalue weighted by atomic mass is 9.65. The Morgan fingerprint density at radius 2 is 0.804 bits per heavy atom. The number of para-hydroxylation sites is 4. The van der Waals surface area contributed by atoms with Gasteiger partial charge >= 0.3 is 0 Å². The molecule has 2 aliphatic rings. The van der Waals surface area contributed by atoms with Crippen LogP contribution in [0.4, 0.5) is 34.1 Å². The van der Waals surface area contributed by atoms with E-state index in [-0.39, 0.29) is 0 Å². The molecule has 0 fully saturated rings. The predicted octanol–water partition coefficient (Wildman–Crippen LogP) is 14.2. The molecule has 3 nitrogen and oxygen atoms in total. The summed E-state index contributed by atoms with van der Waals surface area (Å²) in [7, 11) is 0. The van der Waals surface area contributed by atoms with Crippen LogP contribution in [0.2, 0.25) is 0 Å². The van der Waals surface area contributed by atoms with Crippen molar-refractivity contribution in [1.82, 2.24) is 0 Å². The molecule has 1 aliphatic heterocycles. The van der Waals surface area contributed by atoms with Crippen LogP contribution in [0.15, 0.2) is 218 Å². The molecule has 11 rings (SSSR count). The summed E-state index contributed by atoms with van der Waals surface area (Å²) >= 11 is 0. The van der Waals surface area contributed by atoms with Crippen molar-refractivity contribution in [3.8, 4) is 22.6 Å². The minimum absolute atomic E-state index is 0.637. The van der Waals surface area contributed by atoms with Crippen LogP contribution in [0.1, 0.15) is 22.3 Å². The summed E-state index contributed by atoms with van der Waals surface area (Å²) in [6, 6.07) is 78.4. The van der Waals surface area contributed by atoms with E-state index in [1.165, 1.54) is 38.6 Å². The third-order valence-electron chi connectivity index (χ3n) is 11.5. The van der Waals surface area contributed by atoms with Crippen molar-refractivity contribution in [3.63, 3.8) is 0 Å². The highest BCUT2D eigenvalue weighted by molar-refractivity contribution is 5.98. The summed E-state index contributed by atoms with van der Waals surface area (Å²) in [5.41, 5.74) is 13.2. The van der Waals surface area contributed by atoms with Crippen molar-refractivity contribution in [1.29, 1.82) is 0 Å². The molecule has 9 aromatic carbocycles. The number of hydrogen-bond donors (Lipinski definition) is 0. The van der Waals surface area contributed by atoms with Crippen LogP contribution in [-0.2, 0) is 5.41 Å². The van der Waals surface area contributed by atoms with Gasteiger partial charge in [-0.15, -0.1) is 0 Å². The van der Waals surface area contributed by atoms with Crippen molar-refractivity contribution >= 4 is 44.9 Å². The number of nitrogens with zero attached hydrogens (tertiary/aromatic N) is 2. The smallest absolute Gasteiger partial charge is 0.134 e. The first-order chi connectivity index (χ1) is 27.8. The average molecular weight is 717 g/mol. The van der Waals surface area contributed by atoms with E-state index in [1.807, 2.05) is 0 Å². The first kappa shape index (κ1) is 32.1. The van der Waals surface area contributed by atoms with Crippen molar-refractivity contribution in [2.24, 2.45) is 0 Å². The van der Waals surface area contributed by atoms with Gasteiger partial charge in [0.25, 0.3) is 0 Å². The molecule has 0 N–H and O–H groups in total. The fourth-order valence-electron chi connectivity index (χ4n) is 9.19. The van der Waals surface area contributed by atoms with E-state index in [4.69, 9.17) is 4.74 Å². The second kappa shape index (κ2) is 12.9. The number of anilines is 6. The van der Waals surface area contributed by atoms with Crippen molar-refractivity contribution in [2.45, 2.75) is 5.41 Å². The zero-order chi connectivity index (χ0) is 37.1. The van der Waals surface area contributed by atoms with E-state index in [1.54, 1.807) is 0 Å². The average Bonchev–Trinajstić information content (AvgIpc) is 3.55. The Morgan fingerprint density at radius 1 is 0.321 bits per heavy atom. The van der Waals surface area contributed by atoms with E-state index < -0.39 is 5.41 Å². The molecule has 0 bridgehead atoms. The topological polar surface area (TPSA) is 15.7 Å². The van der Waals surface area contributed by atoms with Crippen LogP contribution < -0.4 is 14.5 Å². The lowest BCUT2D eigenvalue weighted by molar-refractivity contribution is 0.438. The van der Waals surface area contributed by atoms with Gasteiger partial charge in [0, 0.05) is 51.3 Å². The highest BCUT2D eigenvalue weighted by Crippen LogP contribution is 2.64. The Labute approximate surface area is 326 Å². The quantitative estimate of drug-likeness (QED) is 0.170. The summed E-state index contributed by atoms with van der Waals surface area (Å²) < 4.78 is 7.11. The fraction of sp³-hybridized carbons (Fsp3) is 0.0189. The van der Waals surface area contributed by atoms with Crippen LogP contribution >= 0.6 is 0 Å². The van der Waals surface area contributed by atoms with Gasteiger partial charge in [-0.3, -0.25) is 0 Å². The SMILES string of the molecule is c1ccc(N(c2ccccc2)c2ccc3c(c2)Oc2ccc4ccccc4c2C32c3ccccc3-c3cc(N(c4ccccc4)c4ccccc4)ccc32)cc1. The maximum absolute atomic E-state index is 7.11. The van der Waals surface area contributed by atoms with Crippen LogP contribution in [0, 0.1) is 0 Å². The van der Waals surface area contributed by atoms with Gasteiger partial charge in [-0.2, -0.15) is 0 Å². The number of rotatable bonds is 6. The summed E-state index contributed by atoms with van der Waals surface area (Å²) in [5, 5.41) is 2.38. The van der Waals surface area contributed by atoms with Gasteiger partial charge in [-0.05, 0) is 106 Å². The monoisotopic (exact) mass is 716 g/mol. The molecule has 1 spiro atoms. The van der Waals surface area contributed by atoms with Gasteiger partial charge in [-0.25, -0.2) is 0 Å². The molecule has 1 heterocycles. The summed E-state index contributed by atoms with van der Waals surface area (Å²) in [6.45, 7) is 0. The number of hydrogen-bond acceptors (Lipinski definition) is 3. The largest absolute Gasteiger partial charge is 0.457 e. The lowest BCUT2D eigenvalue weighted by Crippen LogP contribution is -2.32. The molecule has 1 unspecified atom stereocenters. The molecule has 1 atom stereocenters. The van der Waals surface area contributed by atoms with E-state index in [2.05, 4.69) is 228 Å². The van der Waals surface area contributed by atoms with Gasteiger partial charge < -0.3 is 14.5 Å². The zero-order valence-electron chi connectivity index (χ0n) is 30.6. The Balaban J connectivity index is 1.19. The second-order valence-corrected chi connectivity index (χ2v) is 14.5. The highest BCUT2D eigenvalue weighted by atomic mass is 16.5. The molecule has 0 aromatic heterocycles. The summed E-state index contributed by atoms with van der Waals surface area (Å²) in [5.74, 6) is 1.73.